The Balaban J connectivity index is 1.82. The van der Waals surface area contributed by atoms with Crippen LogP contribution in [0.1, 0.15) is 31.7 Å². The average molecular weight is 470 g/mol. The Morgan fingerprint density at radius 3 is 2.62 bits per heavy atom. The number of hydrogen-bond acceptors (Lipinski definition) is 7. The van der Waals surface area contributed by atoms with Gasteiger partial charge in [-0.25, -0.2) is 9.78 Å². The molecule has 1 aromatic carbocycles. The minimum Gasteiger partial charge on any atom is -0.441 e. The fourth-order valence-corrected chi connectivity index (χ4v) is 3.55. The summed E-state index contributed by atoms with van der Waals surface area (Å²) in [5, 5.41) is 0. The van der Waals surface area contributed by atoms with E-state index in [4.69, 9.17) is 14.9 Å². The fraction of sp³-hybridized carbons (Fsp3) is 0.417. The third-order valence-corrected chi connectivity index (χ3v) is 5.29. The molecule has 182 valence electrons. The lowest BCUT2D eigenvalue weighted by Gasteiger charge is -2.24. The van der Waals surface area contributed by atoms with Crippen LogP contribution in [0, 0.1) is 12.8 Å². The van der Waals surface area contributed by atoms with E-state index >= 15 is 0 Å². The van der Waals surface area contributed by atoms with Crippen molar-refractivity contribution < 1.29 is 13.9 Å². The maximum Gasteiger partial charge on any atom is 0.330 e. The molecule has 1 amide bonds. The van der Waals surface area contributed by atoms with Crippen molar-refractivity contribution in [1.29, 1.82) is 0 Å². The lowest BCUT2D eigenvalue weighted by molar-refractivity contribution is -0.118. The summed E-state index contributed by atoms with van der Waals surface area (Å²) in [6, 6.07) is 7.85. The first-order chi connectivity index (χ1) is 16.2. The van der Waals surface area contributed by atoms with E-state index in [0.717, 1.165) is 11.1 Å². The van der Waals surface area contributed by atoms with Gasteiger partial charge in [0.15, 0.2) is 17.3 Å². The summed E-state index contributed by atoms with van der Waals surface area (Å²) in [5.74, 6) is 0.709. The van der Waals surface area contributed by atoms with Gasteiger partial charge in [0.1, 0.15) is 5.82 Å². The molecule has 0 saturated heterocycles. The van der Waals surface area contributed by atoms with Gasteiger partial charge in [-0.05, 0) is 12.8 Å². The number of nitrogens with two attached hydrogens (primary N) is 1. The number of nitrogens with one attached hydrogen (secondary N) is 1. The number of carbonyl (C=O) groups excluding carboxylic acids is 1. The van der Waals surface area contributed by atoms with E-state index in [2.05, 4.69) is 9.97 Å². The number of anilines is 2. The zero-order valence-electron chi connectivity index (χ0n) is 20.0. The topological polar surface area (TPSA) is 136 Å². The number of nitrogens with zero attached hydrogens (tertiary/aromatic N) is 3. The van der Waals surface area contributed by atoms with Crippen molar-refractivity contribution in [2.24, 2.45) is 5.92 Å². The number of aromatic nitrogens is 3. The highest BCUT2D eigenvalue weighted by molar-refractivity contribution is 5.95. The molecule has 3 N–H and O–H groups in total. The van der Waals surface area contributed by atoms with E-state index in [-0.39, 0.29) is 49.3 Å². The molecule has 0 aliphatic heterocycles. The molecule has 0 saturated carbocycles. The number of ether oxygens (including phenoxy) is 1. The minimum absolute atomic E-state index is 0.0275. The lowest BCUT2D eigenvalue weighted by Crippen LogP contribution is -2.43. The van der Waals surface area contributed by atoms with Gasteiger partial charge in [-0.2, -0.15) is 0 Å². The Kier molecular flexibility index (Phi) is 8.06. The van der Waals surface area contributed by atoms with Gasteiger partial charge < -0.3 is 19.8 Å². The summed E-state index contributed by atoms with van der Waals surface area (Å²) in [4.78, 5) is 45.9. The number of oxazole rings is 1. The fourth-order valence-electron chi connectivity index (χ4n) is 3.55. The molecule has 0 bridgehead atoms. The molecule has 3 rings (SSSR count). The van der Waals surface area contributed by atoms with E-state index in [9.17, 15) is 14.4 Å². The van der Waals surface area contributed by atoms with E-state index in [1.807, 2.05) is 45.0 Å². The number of nitrogen functional groups attached to an aromatic ring is 1. The van der Waals surface area contributed by atoms with Gasteiger partial charge in [-0.15, -0.1) is 0 Å². The van der Waals surface area contributed by atoms with Crippen molar-refractivity contribution in [3.8, 4) is 11.3 Å². The van der Waals surface area contributed by atoms with Crippen LogP contribution in [0.5, 0.6) is 0 Å². The van der Waals surface area contributed by atoms with Crippen molar-refractivity contribution in [3.05, 3.63) is 62.8 Å². The Bertz CT molecular complexity index is 1240. The molecule has 0 fully saturated rings. The zero-order valence-corrected chi connectivity index (χ0v) is 20.0. The summed E-state index contributed by atoms with van der Waals surface area (Å²) < 4.78 is 12.2. The SMILES string of the molecule is COCCN(C(=O)CCc1ncc(-c2ccc(C)cc2)o1)c1c(N)n(CC(C)C)c(=O)[nH]c1=O. The molecule has 0 aliphatic rings. The Hall–Kier alpha value is -3.66. The highest BCUT2D eigenvalue weighted by Crippen LogP contribution is 2.22. The predicted octanol–water partition coefficient (Wildman–Crippen LogP) is 2.35. The van der Waals surface area contributed by atoms with Gasteiger partial charge in [0.05, 0.1) is 12.8 Å². The maximum atomic E-state index is 13.2. The number of hydrogen-bond donors (Lipinski definition) is 2. The van der Waals surface area contributed by atoms with Gasteiger partial charge in [0, 0.05) is 38.6 Å². The summed E-state index contributed by atoms with van der Waals surface area (Å²) in [6.45, 7) is 6.44. The second kappa shape index (κ2) is 11.0. The number of methoxy groups -OCH3 is 1. The van der Waals surface area contributed by atoms with Crippen LogP contribution in [0.2, 0.25) is 0 Å². The van der Waals surface area contributed by atoms with Crippen LogP contribution in [0.25, 0.3) is 11.3 Å². The molecule has 0 unspecified atom stereocenters. The van der Waals surface area contributed by atoms with E-state index < -0.39 is 11.2 Å². The standard InChI is InChI=1S/C24H31N5O5/c1-15(2)14-29-22(25)21(23(31)27-24(29)32)28(11-12-33-4)20(30)10-9-19-26-13-18(34-19)17-7-5-16(3)6-8-17/h5-8,13,15H,9-12,14,25H2,1-4H3,(H,27,31,32). The predicted molar refractivity (Wildman–Crippen MR) is 130 cm³/mol. The Morgan fingerprint density at radius 1 is 1.26 bits per heavy atom. The van der Waals surface area contributed by atoms with E-state index in [1.165, 1.54) is 16.6 Å². The minimum atomic E-state index is -0.718. The molecule has 0 radical (unpaired) electrons. The van der Waals surface area contributed by atoms with Crippen LogP contribution in [0.4, 0.5) is 11.5 Å². The van der Waals surface area contributed by atoms with Crippen LogP contribution >= 0.6 is 0 Å². The molecule has 3 aromatic rings. The Morgan fingerprint density at radius 2 is 1.97 bits per heavy atom. The van der Waals surface area contributed by atoms with E-state index in [0.29, 0.717) is 18.2 Å². The third kappa shape index (κ3) is 5.82. The number of amides is 1. The van der Waals surface area contributed by atoms with Crippen molar-refractivity contribution in [2.75, 3.05) is 30.9 Å². The normalized spacial score (nSPS) is 11.2. The number of aryl methyl sites for hydroxylation is 2. The zero-order chi connectivity index (χ0) is 24.8. The monoisotopic (exact) mass is 469 g/mol. The highest BCUT2D eigenvalue weighted by Gasteiger charge is 2.24. The molecule has 10 nitrogen and oxygen atoms in total. The van der Waals surface area contributed by atoms with Gasteiger partial charge in [-0.1, -0.05) is 43.7 Å². The van der Waals surface area contributed by atoms with Gasteiger partial charge in [0.2, 0.25) is 5.91 Å². The van der Waals surface area contributed by atoms with E-state index in [1.54, 1.807) is 6.20 Å². The molecular weight excluding hydrogens is 438 g/mol. The van der Waals surface area contributed by atoms with Crippen LogP contribution in [0.3, 0.4) is 0 Å². The van der Waals surface area contributed by atoms with Gasteiger partial charge in [0.25, 0.3) is 5.56 Å². The molecule has 2 heterocycles. The van der Waals surface area contributed by atoms with Crippen molar-refractivity contribution in [3.63, 3.8) is 0 Å². The van der Waals surface area contributed by atoms with Crippen molar-refractivity contribution in [1.82, 2.24) is 14.5 Å². The van der Waals surface area contributed by atoms with Crippen LogP contribution < -0.4 is 21.9 Å². The number of benzene rings is 1. The smallest absolute Gasteiger partial charge is 0.330 e. The lowest BCUT2D eigenvalue weighted by atomic mass is 10.1. The molecule has 0 spiro atoms. The summed E-state index contributed by atoms with van der Waals surface area (Å²) in [5.41, 5.74) is 6.85. The van der Waals surface area contributed by atoms with Crippen molar-refractivity contribution >= 4 is 17.4 Å². The summed E-state index contributed by atoms with van der Waals surface area (Å²) in [7, 11) is 1.50. The number of rotatable bonds is 10. The molecule has 10 heteroatoms. The number of H-pyrrole nitrogens is 1. The van der Waals surface area contributed by atoms with Gasteiger partial charge in [-0.3, -0.25) is 19.1 Å². The molecule has 0 aliphatic carbocycles. The summed E-state index contributed by atoms with van der Waals surface area (Å²) in [6.07, 6.45) is 1.88. The first-order valence-electron chi connectivity index (χ1n) is 11.1. The highest BCUT2D eigenvalue weighted by atomic mass is 16.5. The first-order valence-corrected chi connectivity index (χ1v) is 11.1. The number of carbonyl (C=O) groups is 1. The summed E-state index contributed by atoms with van der Waals surface area (Å²) >= 11 is 0. The van der Waals surface area contributed by atoms with Crippen LogP contribution in [-0.2, 0) is 22.5 Å². The average Bonchev–Trinajstić information content (AvgIpc) is 3.26. The molecule has 2 aromatic heterocycles. The molecule has 34 heavy (non-hydrogen) atoms. The maximum absolute atomic E-state index is 13.2. The van der Waals surface area contributed by atoms with Crippen LogP contribution in [0.15, 0.2) is 44.5 Å². The second-order valence-electron chi connectivity index (χ2n) is 8.52. The van der Waals surface area contributed by atoms with Crippen LogP contribution in [-0.4, -0.2) is 40.7 Å². The third-order valence-electron chi connectivity index (χ3n) is 5.29. The molecule has 0 atom stereocenters. The first kappa shape index (κ1) is 25.0. The molecular formula is C24H31N5O5. The largest absolute Gasteiger partial charge is 0.441 e. The Labute approximate surface area is 197 Å². The van der Waals surface area contributed by atoms with Crippen molar-refractivity contribution in [2.45, 2.75) is 40.2 Å². The van der Waals surface area contributed by atoms with Gasteiger partial charge >= 0.3 is 5.69 Å². The number of aromatic amines is 1. The second-order valence-corrected chi connectivity index (χ2v) is 8.52. The quantitative estimate of drug-likeness (QED) is 0.465.